The molecule has 0 saturated carbocycles. The highest BCUT2D eigenvalue weighted by molar-refractivity contribution is 7.14. The van der Waals surface area contributed by atoms with Gasteiger partial charge in [0.05, 0.1) is 23.4 Å². The number of nitrogens with zero attached hydrogens (tertiary/aromatic N) is 2. The molecule has 3 nitrogen and oxygen atoms in total. The third kappa shape index (κ3) is 2.06. The number of nitriles is 1. The zero-order valence-electron chi connectivity index (χ0n) is 12.4. The molecule has 1 aromatic heterocycles. The summed E-state index contributed by atoms with van der Waals surface area (Å²) >= 11 is 1.46. The summed E-state index contributed by atoms with van der Waals surface area (Å²) in [5, 5.41) is 12.5. The largest absolute Gasteiger partial charge is 0.496 e. The molecule has 0 aliphatic heterocycles. The third-order valence-corrected chi connectivity index (χ3v) is 4.85. The molecule has 4 rings (SSSR count). The van der Waals surface area contributed by atoms with Crippen molar-refractivity contribution in [3.05, 3.63) is 60.3 Å². The van der Waals surface area contributed by atoms with Gasteiger partial charge in [-0.15, -0.1) is 0 Å². The number of ether oxygens (including phenoxy) is 1. The summed E-state index contributed by atoms with van der Waals surface area (Å²) in [6, 6.07) is 18.1. The van der Waals surface area contributed by atoms with E-state index in [0.717, 1.165) is 37.7 Å². The molecule has 0 unspecified atom stereocenters. The van der Waals surface area contributed by atoms with Crippen molar-refractivity contribution >= 4 is 32.4 Å². The molecule has 23 heavy (non-hydrogen) atoms. The van der Waals surface area contributed by atoms with Crippen LogP contribution in [0, 0.1) is 11.3 Å². The molecule has 0 radical (unpaired) electrons. The van der Waals surface area contributed by atoms with Crippen molar-refractivity contribution in [2.75, 3.05) is 7.11 Å². The van der Waals surface area contributed by atoms with Crippen molar-refractivity contribution in [2.24, 2.45) is 0 Å². The first-order valence-corrected chi connectivity index (χ1v) is 7.94. The number of rotatable bonds is 2. The molecule has 4 aromatic rings. The van der Waals surface area contributed by atoms with Crippen molar-refractivity contribution in [3.63, 3.8) is 0 Å². The second kappa shape index (κ2) is 5.38. The molecule has 0 spiro atoms. The van der Waals surface area contributed by atoms with E-state index in [4.69, 9.17) is 4.74 Å². The fraction of sp³-hybridized carbons (Fsp3) is 0.0526. The molecule has 0 aliphatic rings. The molecule has 0 aliphatic carbocycles. The van der Waals surface area contributed by atoms with E-state index >= 15 is 0 Å². The zero-order valence-corrected chi connectivity index (χ0v) is 13.2. The van der Waals surface area contributed by atoms with Gasteiger partial charge in [0.15, 0.2) is 0 Å². The van der Waals surface area contributed by atoms with Crippen molar-refractivity contribution in [3.8, 4) is 22.9 Å². The molecule has 0 saturated heterocycles. The van der Waals surface area contributed by atoms with Gasteiger partial charge in [-0.3, -0.25) is 0 Å². The lowest BCUT2D eigenvalue weighted by molar-refractivity contribution is 0.417. The van der Waals surface area contributed by atoms with Gasteiger partial charge in [0.2, 0.25) is 0 Å². The molecule has 0 amide bonds. The summed E-state index contributed by atoms with van der Waals surface area (Å²) < 4.78 is 11.0. The van der Waals surface area contributed by atoms with Gasteiger partial charge in [-0.25, -0.2) is 0 Å². The van der Waals surface area contributed by atoms with Crippen LogP contribution in [-0.2, 0) is 0 Å². The van der Waals surface area contributed by atoms with Crippen LogP contribution in [0.4, 0.5) is 0 Å². The first kappa shape index (κ1) is 13.7. The molecule has 110 valence electrons. The summed E-state index contributed by atoms with van der Waals surface area (Å²) in [7, 11) is 1.68. The van der Waals surface area contributed by atoms with E-state index in [1.165, 1.54) is 11.5 Å². The molecule has 3 aromatic carbocycles. The minimum Gasteiger partial charge on any atom is -0.496 e. The third-order valence-electron chi connectivity index (χ3n) is 4.02. The van der Waals surface area contributed by atoms with Crippen LogP contribution in [-0.4, -0.2) is 11.5 Å². The second-order valence-corrected chi connectivity index (χ2v) is 6.01. The van der Waals surface area contributed by atoms with Gasteiger partial charge >= 0.3 is 0 Å². The topological polar surface area (TPSA) is 45.9 Å². The summed E-state index contributed by atoms with van der Waals surface area (Å²) in [6.45, 7) is 0. The highest BCUT2D eigenvalue weighted by Gasteiger charge is 2.16. The lowest BCUT2D eigenvalue weighted by atomic mass is 9.94. The van der Waals surface area contributed by atoms with Crippen LogP contribution in [0.15, 0.2) is 54.7 Å². The SMILES string of the molecule is COc1ccc2cnsc2c1-c1ccc(C#N)c2ccccc12. The van der Waals surface area contributed by atoms with E-state index in [0.29, 0.717) is 5.56 Å². The number of fused-ring (bicyclic) bond motifs is 2. The Morgan fingerprint density at radius 1 is 1.04 bits per heavy atom. The monoisotopic (exact) mass is 316 g/mol. The molecule has 0 atom stereocenters. The molecule has 0 fully saturated rings. The smallest absolute Gasteiger partial charge is 0.128 e. The lowest BCUT2D eigenvalue weighted by Crippen LogP contribution is -1.90. The van der Waals surface area contributed by atoms with Gasteiger partial charge < -0.3 is 4.74 Å². The van der Waals surface area contributed by atoms with Crippen LogP contribution in [0.25, 0.3) is 32.0 Å². The van der Waals surface area contributed by atoms with Crippen molar-refractivity contribution in [1.29, 1.82) is 5.26 Å². The zero-order chi connectivity index (χ0) is 15.8. The Bertz CT molecular complexity index is 1080. The van der Waals surface area contributed by atoms with Gasteiger partial charge in [-0.05, 0) is 40.7 Å². The second-order valence-electron chi connectivity index (χ2n) is 5.21. The first-order chi connectivity index (χ1) is 11.3. The summed E-state index contributed by atoms with van der Waals surface area (Å²) in [5.74, 6) is 0.816. The molecule has 0 bridgehead atoms. The molecular formula is C19H12N2OS. The standard InChI is InChI=1S/C19H12N2OS/c1-22-17-9-7-13-11-21-23-19(13)18(17)16-8-6-12(10-20)14-4-2-3-5-15(14)16/h2-9,11H,1H3. The highest BCUT2D eigenvalue weighted by atomic mass is 32.1. The lowest BCUT2D eigenvalue weighted by Gasteiger charge is -2.13. The van der Waals surface area contributed by atoms with Gasteiger partial charge in [0.25, 0.3) is 0 Å². The van der Waals surface area contributed by atoms with Crippen LogP contribution in [0.1, 0.15) is 5.56 Å². The first-order valence-electron chi connectivity index (χ1n) is 7.17. The maximum Gasteiger partial charge on any atom is 0.128 e. The fourth-order valence-corrected chi connectivity index (χ4v) is 3.76. The van der Waals surface area contributed by atoms with Crippen LogP contribution < -0.4 is 4.74 Å². The van der Waals surface area contributed by atoms with Crippen molar-refractivity contribution < 1.29 is 4.74 Å². The van der Waals surface area contributed by atoms with Crippen LogP contribution >= 0.6 is 11.5 Å². The average Bonchev–Trinajstić information content (AvgIpc) is 3.08. The van der Waals surface area contributed by atoms with Crippen LogP contribution in [0.3, 0.4) is 0 Å². The Labute approximate surface area is 137 Å². The van der Waals surface area contributed by atoms with Gasteiger partial charge in [-0.2, -0.15) is 9.64 Å². The Balaban J connectivity index is 2.16. The summed E-state index contributed by atoms with van der Waals surface area (Å²) in [5.41, 5.74) is 2.78. The van der Waals surface area contributed by atoms with E-state index in [-0.39, 0.29) is 0 Å². The Kier molecular flexibility index (Phi) is 3.22. The van der Waals surface area contributed by atoms with Gasteiger partial charge in [-0.1, -0.05) is 30.3 Å². The van der Waals surface area contributed by atoms with Crippen molar-refractivity contribution in [1.82, 2.24) is 4.37 Å². The summed E-state index contributed by atoms with van der Waals surface area (Å²) in [6.07, 6.45) is 1.87. The number of benzene rings is 3. The minimum atomic E-state index is 0.680. The Morgan fingerprint density at radius 2 is 1.87 bits per heavy atom. The van der Waals surface area contributed by atoms with Crippen LogP contribution in [0.2, 0.25) is 0 Å². The van der Waals surface area contributed by atoms with E-state index < -0.39 is 0 Å². The summed E-state index contributed by atoms with van der Waals surface area (Å²) in [4.78, 5) is 0. The molecule has 0 N–H and O–H groups in total. The normalized spacial score (nSPS) is 10.8. The predicted octanol–water partition coefficient (Wildman–Crippen LogP) is 5.00. The quantitative estimate of drug-likeness (QED) is 0.523. The highest BCUT2D eigenvalue weighted by Crippen LogP contribution is 2.42. The minimum absolute atomic E-state index is 0.680. The van der Waals surface area contributed by atoms with E-state index in [1.807, 2.05) is 54.7 Å². The fourth-order valence-electron chi connectivity index (χ4n) is 2.96. The Morgan fingerprint density at radius 3 is 2.65 bits per heavy atom. The average molecular weight is 316 g/mol. The van der Waals surface area contributed by atoms with E-state index in [1.54, 1.807) is 7.11 Å². The molecular weight excluding hydrogens is 304 g/mol. The molecule has 1 heterocycles. The van der Waals surface area contributed by atoms with E-state index in [9.17, 15) is 5.26 Å². The maximum absolute atomic E-state index is 9.35. The predicted molar refractivity (Wildman–Crippen MR) is 93.8 cm³/mol. The molecule has 4 heteroatoms. The number of methoxy groups -OCH3 is 1. The van der Waals surface area contributed by atoms with Gasteiger partial charge in [0, 0.05) is 22.5 Å². The van der Waals surface area contributed by atoms with Gasteiger partial charge in [0.1, 0.15) is 5.75 Å². The van der Waals surface area contributed by atoms with Crippen LogP contribution in [0.5, 0.6) is 5.75 Å². The number of hydrogen-bond donors (Lipinski definition) is 0. The van der Waals surface area contributed by atoms with E-state index in [2.05, 4.69) is 10.4 Å². The number of hydrogen-bond acceptors (Lipinski definition) is 4. The Hall–Kier alpha value is -2.90. The number of aromatic nitrogens is 1. The maximum atomic E-state index is 9.35. The van der Waals surface area contributed by atoms with Crippen molar-refractivity contribution in [2.45, 2.75) is 0 Å².